The highest BCUT2D eigenvalue weighted by atomic mass is 16.5. The number of carbonyl (C=O) groups is 1. The third-order valence-corrected chi connectivity index (χ3v) is 6.32. The summed E-state index contributed by atoms with van der Waals surface area (Å²) < 4.78 is 5.50. The maximum absolute atomic E-state index is 12.1. The summed E-state index contributed by atoms with van der Waals surface area (Å²) in [6, 6.07) is 0.498. The molecule has 1 aromatic rings. The Morgan fingerprint density at radius 1 is 1.18 bits per heavy atom. The smallest absolute Gasteiger partial charge is 0.226 e. The highest BCUT2D eigenvalue weighted by molar-refractivity contribution is 5.80. The molecular weight excluding hydrogens is 278 g/mol. The maximum atomic E-state index is 12.1. The minimum atomic E-state index is 0.144. The van der Waals surface area contributed by atoms with E-state index in [0.29, 0.717) is 12.5 Å². The second kappa shape index (κ2) is 4.80. The highest BCUT2D eigenvalue weighted by Crippen LogP contribution is 2.49. The van der Waals surface area contributed by atoms with Crippen molar-refractivity contribution < 1.29 is 9.32 Å². The molecule has 2 bridgehead atoms. The molecule has 1 aromatic heterocycles. The average Bonchev–Trinajstić information content (AvgIpc) is 2.91. The van der Waals surface area contributed by atoms with Gasteiger partial charge < -0.3 is 9.42 Å². The molecule has 5 heteroatoms. The monoisotopic (exact) mass is 301 g/mol. The van der Waals surface area contributed by atoms with Gasteiger partial charge in [0.15, 0.2) is 5.82 Å². The maximum Gasteiger partial charge on any atom is 0.226 e. The number of hydrogen-bond acceptors (Lipinski definition) is 4. The molecule has 4 unspecified atom stereocenters. The summed E-state index contributed by atoms with van der Waals surface area (Å²) in [7, 11) is 0. The number of carbonyl (C=O) groups excluding carboxylic acids is 1. The van der Waals surface area contributed by atoms with Crippen LogP contribution in [0.5, 0.6) is 0 Å². The minimum absolute atomic E-state index is 0.144. The van der Waals surface area contributed by atoms with Crippen LogP contribution in [-0.2, 0) is 11.2 Å². The minimum Gasteiger partial charge on any atom is -0.339 e. The molecule has 3 saturated carbocycles. The van der Waals surface area contributed by atoms with Crippen LogP contribution in [-0.4, -0.2) is 33.5 Å². The highest BCUT2D eigenvalue weighted by Gasteiger charge is 2.42. The normalized spacial score (nSPS) is 37.5. The van der Waals surface area contributed by atoms with Crippen LogP contribution in [0, 0.1) is 17.8 Å². The first-order chi connectivity index (χ1) is 10.8. The number of hydrogen-bond donors (Lipinski definition) is 0. The second-order valence-electron chi connectivity index (χ2n) is 7.86. The molecule has 3 aliphatic carbocycles. The number of amides is 1. The van der Waals surface area contributed by atoms with Crippen molar-refractivity contribution in [2.24, 2.45) is 17.8 Å². The largest absolute Gasteiger partial charge is 0.339 e. The van der Waals surface area contributed by atoms with Crippen LogP contribution in [0.3, 0.4) is 0 Å². The SMILES string of the molecule is O=C1CC(c2noc(CC3CC4CCC3C4)n2)CN1C1CC1. The van der Waals surface area contributed by atoms with E-state index in [1.165, 1.54) is 38.5 Å². The van der Waals surface area contributed by atoms with Crippen LogP contribution in [0.4, 0.5) is 0 Å². The number of likely N-dealkylation sites (tertiary alicyclic amines) is 1. The Kier molecular flexibility index (Phi) is 2.86. The summed E-state index contributed by atoms with van der Waals surface area (Å²) in [6.45, 7) is 0.788. The molecule has 1 saturated heterocycles. The fourth-order valence-corrected chi connectivity index (χ4v) is 5.01. The zero-order valence-electron chi connectivity index (χ0n) is 12.9. The van der Waals surface area contributed by atoms with E-state index in [2.05, 4.69) is 10.1 Å². The van der Waals surface area contributed by atoms with Crippen LogP contribution in [0.2, 0.25) is 0 Å². The van der Waals surface area contributed by atoms with Gasteiger partial charge in [-0.05, 0) is 49.9 Å². The van der Waals surface area contributed by atoms with Crippen molar-refractivity contribution in [3.05, 3.63) is 11.7 Å². The first kappa shape index (κ1) is 13.1. The molecule has 2 heterocycles. The Hall–Kier alpha value is -1.39. The lowest BCUT2D eigenvalue weighted by atomic mass is 9.86. The van der Waals surface area contributed by atoms with Gasteiger partial charge in [0.1, 0.15) is 0 Å². The van der Waals surface area contributed by atoms with Gasteiger partial charge in [-0.2, -0.15) is 4.98 Å². The predicted octanol–water partition coefficient (Wildman–Crippen LogP) is 2.53. The summed E-state index contributed by atoms with van der Waals surface area (Å²) in [5.41, 5.74) is 0. The molecule has 4 aliphatic rings. The number of aromatic nitrogens is 2. The lowest BCUT2D eigenvalue weighted by Crippen LogP contribution is -2.27. The van der Waals surface area contributed by atoms with Crippen molar-refractivity contribution in [1.82, 2.24) is 15.0 Å². The van der Waals surface area contributed by atoms with Crippen molar-refractivity contribution in [3.63, 3.8) is 0 Å². The van der Waals surface area contributed by atoms with Gasteiger partial charge in [0.2, 0.25) is 11.8 Å². The quantitative estimate of drug-likeness (QED) is 0.857. The van der Waals surface area contributed by atoms with E-state index in [0.717, 1.165) is 42.4 Å². The molecular formula is C17H23N3O2. The van der Waals surface area contributed by atoms with Crippen molar-refractivity contribution in [2.45, 2.75) is 63.3 Å². The van der Waals surface area contributed by atoms with E-state index in [-0.39, 0.29) is 11.8 Å². The standard InChI is InChI=1S/C17H23N3O2/c21-16-8-13(9-20(16)14-3-4-14)17-18-15(22-19-17)7-12-6-10-1-2-11(12)5-10/h10-14H,1-9H2. The summed E-state index contributed by atoms with van der Waals surface area (Å²) >= 11 is 0. The Morgan fingerprint density at radius 2 is 2.09 bits per heavy atom. The molecule has 5 nitrogen and oxygen atoms in total. The van der Waals surface area contributed by atoms with Crippen LogP contribution < -0.4 is 0 Å². The molecule has 4 fully saturated rings. The molecule has 4 atom stereocenters. The van der Waals surface area contributed by atoms with E-state index in [1.807, 2.05) is 4.90 Å². The van der Waals surface area contributed by atoms with Crippen LogP contribution in [0.15, 0.2) is 4.52 Å². The first-order valence-corrected chi connectivity index (χ1v) is 8.88. The van der Waals surface area contributed by atoms with E-state index in [9.17, 15) is 4.79 Å². The number of nitrogens with zero attached hydrogens (tertiary/aromatic N) is 3. The fraction of sp³-hybridized carbons (Fsp3) is 0.824. The van der Waals surface area contributed by atoms with E-state index in [1.54, 1.807) is 0 Å². The lowest BCUT2D eigenvalue weighted by Gasteiger charge is -2.19. The van der Waals surface area contributed by atoms with E-state index in [4.69, 9.17) is 4.52 Å². The average molecular weight is 301 g/mol. The van der Waals surface area contributed by atoms with Crippen molar-refractivity contribution in [3.8, 4) is 0 Å². The Morgan fingerprint density at radius 3 is 2.82 bits per heavy atom. The Balaban J connectivity index is 1.25. The van der Waals surface area contributed by atoms with Gasteiger partial charge in [-0.1, -0.05) is 11.6 Å². The Labute approximate surface area is 130 Å². The summed E-state index contributed by atoms with van der Waals surface area (Å²) in [4.78, 5) is 18.7. The fourth-order valence-electron chi connectivity index (χ4n) is 5.01. The van der Waals surface area contributed by atoms with Gasteiger partial charge in [-0.25, -0.2) is 0 Å². The molecule has 5 rings (SSSR count). The van der Waals surface area contributed by atoms with Gasteiger partial charge in [-0.3, -0.25) is 4.79 Å². The predicted molar refractivity (Wildman–Crippen MR) is 79.0 cm³/mol. The summed E-state index contributed by atoms with van der Waals surface area (Å²) in [5.74, 6) is 4.56. The molecule has 0 N–H and O–H groups in total. The van der Waals surface area contributed by atoms with Crippen molar-refractivity contribution in [2.75, 3.05) is 6.54 Å². The zero-order chi connectivity index (χ0) is 14.7. The lowest BCUT2D eigenvalue weighted by molar-refractivity contribution is -0.128. The van der Waals surface area contributed by atoms with E-state index < -0.39 is 0 Å². The van der Waals surface area contributed by atoms with Gasteiger partial charge in [0.25, 0.3) is 0 Å². The van der Waals surface area contributed by atoms with Crippen LogP contribution in [0.25, 0.3) is 0 Å². The van der Waals surface area contributed by atoms with Crippen molar-refractivity contribution >= 4 is 5.91 Å². The topological polar surface area (TPSA) is 59.2 Å². The number of rotatable bonds is 4. The number of fused-ring (bicyclic) bond motifs is 2. The molecule has 0 spiro atoms. The zero-order valence-corrected chi connectivity index (χ0v) is 12.9. The van der Waals surface area contributed by atoms with Crippen molar-refractivity contribution in [1.29, 1.82) is 0 Å². The molecule has 0 aromatic carbocycles. The van der Waals surface area contributed by atoms with Crippen LogP contribution >= 0.6 is 0 Å². The van der Waals surface area contributed by atoms with Gasteiger partial charge in [-0.15, -0.1) is 0 Å². The van der Waals surface area contributed by atoms with Gasteiger partial charge in [0, 0.05) is 31.3 Å². The Bertz CT molecular complexity index is 594. The van der Waals surface area contributed by atoms with Gasteiger partial charge in [0.05, 0.1) is 0 Å². The molecule has 0 radical (unpaired) electrons. The summed E-state index contributed by atoms with van der Waals surface area (Å²) in [6.07, 6.45) is 9.42. The first-order valence-electron chi connectivity index (χ1n) is 8.88. The molecule has 22 heavy (non-hydrogen) atoms. The molecule has 1 aliphatic heterocycles. The third-order valence-electron chi connectivity index (χ3n) is 6.32. The third kappa shape index (κ3) is 2.17. The second-order valence-corrected chi connectivity index (χ2v) is 7.86. The summed E-state index contributed by atoms with van der Waals surface area (Å²) in [5, 5.41) is 4.19. The molecule has 1 amide bonds. The van der Waals surface area contributed by atoms with E-state index >= 15 is 0 Å². The van der Waals surface area contributed by atoms with Gasteiger partial charge >= 0.3 is 0 Å². The van der Waals surface area contributed by atoms with Crippen LogP contribution in [0.1, 0.15) is 62.6 Å². The molecule has 118 valence electrons.